The highest BCUT2D eigenvalue weighted by atomic mass is 15.3. The Labute approximate surface area is 123 Å². The number of piperazine rings is 1. The minimum atomic E-state index is 0.251. The summed E-state index contributed by atoms with van der Waals surface area (Å²) in [5.74, 6) is 3.02. The molecule has 1 N–H and O–H groups in total. The van der Waals surface area contributed by atoms with E-state index in [1.54, 1.807) is 0 Å². The molecule has 2 heteroatoms. The summed E-state index contributed by atoms with van der Waals surface area (Å²) in [6.07, 6.45) is 9.17. The van der Waals surface area contributed by atoms with Crippen LogP contribution in [0, 0.1) is 12.3 Å². The van der Waals surface area contributed by atoms with Crippen LogP contribution in [0.5, 0.6) is 0 Å². The van der Waals surface area contributed by atoms with E-state index < -0.39 is 0 Å². The van der Waals surface area contributed by atoms with Crippen molar-refractivity contribution in [1.82, 2.24) is 10.2 Å². The van der Waals surface area contributed by atoms with Gasteiger partial charge in [0, 0.05) is 25.2 Å². The van der Waals surface area contributed by atoms with Gasteiger partial charge in [0.2, 0.25) is 0 Å². The van der Waals surface area contributed by atoms with Gasteiger partial charge in [-0.1, -0.05) is 56.5 Å². The fraction of sp³-hybridized carbons (Fsp3) is 0.556. The monoisotopic (exact) mass is 270 g/mol. The number of benzene rings is 1. The van der Waals surface area contributed by atoms with Crippen LogP contribution in [0.25, 0.3) is 0 Å². The standard InChI is InChI=1S/C18H26N2/c1-4-10-17(6-3)20-14-16(5-2)19-13-18(20)15-11-8-7-9-12-15/h3,7-9,11-12,16-19H,4-5,10,13-14H2,1-2H3. The Balaban J connectivity index is 2.22. The minimum absolute atomic E-state index is 0.251. The second-order valence-electron chi connectivity index (χ2n) is 5.61. The lowest BCUT2D eigenvalue weighted by molar-refractivity contribution is 0.0993. The SMILES string of the molecule is C#CC(CCC)N1CC(CC)NCC1c1ccccc1. The summed E-state index contributed by atoms with van der Waals surface area (Å²) >= 11 is 0. The molecular weight excluding hydrogens is 244 g/mol. The first kappa shape index (κ1) is 15.1. The van der Waals surface area contributed by atoms with Gasteiger partial charge in [0.05, 0.1) is 6.04 Å². The fourth-order valence-electron chi connectivity index (χ4n) is 3.06. The van der Waals surface area contributed by atoms with Gasteiger partial charge in [0.25, 0.3) is 0 Å². The Hall–Kier alpha value is -1.30. The van der Waals surface area contributed by atoms with Crippen LogP contribution in [0.3, 0.4) is 0 Å². The summed E-state index contributed by atoms with van der Waals surface area (Å²) in [6, 6.07) is 11.9. The van der Waals surface area contributed by atoms with E-state index in [2.05, 4.69) is 60.3 Å². The molecule has 1 fully saturated rings. The van der Waals surface area contributed by atoms with Crippen LogP contribution in [0.1, 0.15) is 44.7 Å². The van der Waals surface area contributed by atoms with Gasteiger partial charge in [-0.3, -0.25) is 4.90 Å². The molecule has 1 aromatic rings. The van der Waals surface area contributed by atoms with Crippen LogP contribution in [0.4, 0.5) is 0 Å². The molecule has 2 nitrogen and oxygen atoms in total. The normalized spacial score (nSPS) is 25.1. The zero-order valence-electron chi connectivity index (χ0n) is 12.7. The van der Waals surface area contributed by atoms with Crippen molar-refractivity contribution in [3.8, 4) is 12.3 Å². The number of nitrogens with one attached hydrogen (secondary N) is 1. The Morgan fingerprint density at radius 1 is 1.35 bits per heavy atom. The Bertz CT molecular complexity index is 434. The molecule has 0 aliphatic carbocycles. The van der Waals surface area contributed by atoms with Crippen molar-refractivity contribution in [2.45, 2.75) is 51.2 Å². The van der Waals surface area contributed by atoms with Crippen LogP contribution in [0.15, 0.2) is 30.3 Å². The van der Waals surface area contributed by atoms with E-state index in [0.717, 1.165) is 32.4 Å². The molecule has 1 saturated heterocycles. The summed E-state index contributed by atoms with van der Waals surface area (Å²) in [7, 11) is 0. The van der Waals surface area contributed by atoms with Gasteiger partial charge < -0.3 is 5.32 Å². The largest absolute Gasteiger partial charge is 0.311 e. The molecule has 0 spiro atoms. The number of rotatable bonds is 5. The Kier molecular flexibility index (Phi) is 5.64. The molecule has 3 atom stereocenters. The van der Waals surface area contributed by atoms with Gasteiger partial charge in [-0.05, 0) is 18.4 Å². The van der Waals surface area contributed by atoms with Crippen LogP contribution < -0.4 is 5.32 Å². The molecule has 1 aromatic carbocycles. The van der Waals surface area contributed by atoms with Crippen LogP contribution in [-0.4, -0.2) is 30.1 Å². The van der Waals surface area contributed by atoms with E-state index in [9.17, 15) is 0 Å². The Morgan fingerprint density at radius 2 is 2.10 bits per heavy atom. The fourth-order valence-corrected chi connectivity index (χ4v) is 3.06. The molecule has 2 rings (SSSR count). The van der Waals surface area contributed by atoms with E-state index in [-0.39, 0.29) is 6.04 Å². The lowest BCUT2D eigenvalue weighted by Crippen LogP contribution is -2.55. The zero-order valence-corrected chi connectivity index (χ0v) is 12.7. The van der Waals surface area contributed by atoms with Crippen molar-refractivity contribution < 1.29 is 0 Å². The smallest absolute Gasteiger partial charge is 0.0717 e. The maximum Gasteiger partial charge on any atom is 0.0717 e. The minimum Gasteiger partial charge on any atom is -0.311 e. The van der Waals surface area contributed by atoms with E-state index in [1.807, 2.05) is 0 Å². The summed E-state index contributed by atoms with van der Waals surface area (Å²) in [4.78, 5) is 2.53. The molecule has 3 unspecified atom stereocenters. The second kappa shape index (κ2) is 7.47. The van der Waals surface area contributed by atoms with Crippen LogP contribution in [-0.2, 0) is 0 Å². The van der Waals surface area contributed by atoms with Gasteiger partial charge in [0.1, 0.15) is 0 Å². The van der Waals surface area contributed by atoms with Crippen molar-refractivity contribution in [3.05, 3.63) is 35.9 Å². The average Bonchev–Trinajstić information content (AvgIpc) is 2.53. The molecule has 0 saturated carbocycles. The quantitative estimate of drug-likeness (QED) is 0.827. The molecule has 0 bridgehead atoms. The van der Waals surface area contributed by atoms with Crippen LogP contribution in [0.2, 0.25) is 0 Å². The molecule has 1 aliphatic rings. The second-order valence-corrected chi connectivity index (χ2v) is 5.61. The number of terminal acetylenes is 1. The van der Waals surface area contributed by atoms with Gasteiger partial charge in [0.15, 0.2) is 0 Å². The summed E-state index contributed by atoms with van der Waals surface area (Å²) in [6.45, 7) is 6.49. The highest BCUT2D eigenvalue weighted by Gasteiger charge is 2.31. The first-order valence-electron chi connectivity index (χ1n) is 7.80. The van der Waals surface area contributed by atoms with Gasteiger partial charge in [-0.25, -0.2) is 0 Å². The first-order chi connectivity index (χ1) is 9.80. The third kappa shape index (κ3) is 3.42. The maximum absolute atomic E-state index is 5.80. The van der Waals surface area contributed by atoms with Crippen LogP contribution >= 0.6 is 0 Å². The van der Waals surface area contributed by atoms with Crippen molar-refractivity contribution in [1.29, 1.82) is 0 Å². The van der Waals surface area contributed by atoms with Crippen molar-refractivity contribution in [2.75, 3.05) is 13.1 Å². The predicted octanol–water partition coefficient (Wildman–Crippen LogP) is 3.21. The molecule has 0 aromatic heterocycles. The summed E-state index contributed by atoms with van der Waals surface area (Å²) < 4.78 is 0. The molecule has 20 heavy (non-hydrogen) atoms. The molecule has 1 heterocycles. The van der Waals surface area contributed by atoms with E-state index in [1.165, 1.54) is 5.56 Å². The summed E-state index contributed by atoms with van der Waals surface area (Å²) in [5.41, 5.74) is 1.37. The number of hydrogen-bond acceptors (Lipinski definition) is 2. The van der Waals surface area contributed by atoms with E-state index >= 15 is 0 Å². The molecule has 1 aliphatic heterocycles. The number of nitrogens with zero attached hydrogens (tertiary/aromatic N) is 1. The van der Waals surface area contributed by atoms with Crippen molar-refractivity contribution in [2.24, 2.45) is 0 Å². The molecule has 0 amide bonds. The Morgan fingerprint density at radius 3 is 2.70 bits per heavy atom. The zero-order chi connectivity index (χ0) is 14.4. The maximum atomic E-state index is 5.80. The topological polar surface area (TPSA) is 15.3 Å². The number of hydrogen-bond donors (Lipinski definition) is 1. The predicted molar refractivity (Wildman–Crippen MR) is 85.5 cm³/mol. The lowest BCUT2D eigenvalue weighted by atomic mass is 9.96. The lowest BCUT2D eigenvalue weighted by Gasteiger charge is -2.43. The van der Waals surface area contributed by atoms with E-state index in [0.29, 0.717) is 12.1 Å². The van der Waals surface area contributed by atoms with Gasteiger partial charge in [-0.2, -0.15) is 0 Å². The molecule has 0 radical (unpaired) electrons. The van der Waals surface area contributed by atoms with Gasteiger partial charge >= 0.3 is 0 Å². The average molecular weight is 270 g/mol. The molecule has 108 valence electrons. The molecular formula is C18H26N2. The highest BCUT2D eigenvalue weighted by Crippen LogP contribution is 2.27. The third-order valence-corrected chi connectivity index (χ3v) is 4.26. The van der Waals surface area contributed by atoms with Gasteiger partial charge in [-0.15, -0.1) is 6.42 Å². The van der Waals surface area contributed by atoms with E-state index in [4.69, 9.17) is 6.42 Å². The van der Waals surface area contributed by atoms with Crippen molar-refractivity contribution >= 4 is 0 Å². The van der Waals surface area contributed by atoms with Crippen molar-refractivity contribution in [3.63, 3.8) is 0 Å². The first-order valence-corrected chi connectivity index (χ1v) is 7.80. The third-order valence-electron chi connectivity index (χ3n) is 4.26. The highest BCUT2D eigenvalue weighted by molar-refractivity contribution is 5.21. The summed E-state index contributed by atoms with van der Waals surface area (Å²) in [5, 5.41) is 3.66.